The zero-order valence-corrected chi connectivity index (χ0v) is 26.2. The van der Waals surface area contributed by atoms with Crippen LogP contribution in [0.1, 0.15) is 40.8 Å². The molecule has 0 radical (unpaired) electrons. The van der Waals surface area contributed by atoms with Crippen LogP contribution in [0.4, 0.5) is 30.7 Å². The van der Waals surface area contributed by atoms with E-state index in [9.17, 15) is 40.3 Å². The summed E-state index contributed by atoms with van der Waals surface area (Å²) in [6.07, 6.45) is -6.38. The fraction of sp³-hybridized carbons (Fsp3) is 0.143. The van der Waals surface area contributed by atoms with Gasteiger partial charge in [-0.25, -0.2) is 17.6 Å². The van der Waals surface area contributed by atoms with Crippen molar-refractivity contribution in [3.8, 4) is 0 Å². The Morgan fingerprint density at radius 1 is 0.837 bits per heavy atom. The Hall–Kier alpha value is -5.14. The number of alkyl halides is 3. The highest BCUT2D eigenvalue weighted by Crippen LogP contribution is 2.41. The molecule has 6 rings (SSSR count). The van der Waals surface area contributed by atoms with E-state index in [0.29, 0.717) is 34.1 Å². The third-order valence-corrected chi connectivity index (χ3v) is 7.79. The fourth-order valence-electron chi connectivity index (χ4n) is 5.33. The van der Waals surface area contributed by atoms with Gasteiger partial charge in [0.15, 0.2) is 23.6 Å². The average Bonchev–Trinajstić information content (AvgIpc) is 3.50. The van der Waals surface area contributed by atoms with E-state index in [1.165, 1.54) is 31.3 Å². The van der Waals surface area contributed by atoms with Gasteiger partial charge >= 0.3 is 6.18 Å². The molecule has 254 valence electrons. The van der Waals surface area contributed by atoms with Gasteiger partial charge in [0, 0.05) is 29.3 Å². The number of nitrogens with two attached hydrogens (primary N) is 1. The van der Waals surface area contributed by atoms with Crippen molar-refractivity contribution in [2.24, 2.45) is 5.73 Å². The van der Waals surface area contributed by atoms with Gasteiger partial charge in [0.05, 0.1) is 16.7 Å². The smallest absolute Gasteiger partial charge is 0.416 e. The lowest BCUT2D eigenvalue weighted by atomic mass is 9.92. The van der Waals surface area contributed by atoms with Gasteiger partial charge in [-0.3, -0.25) is 15.3 Å². The van der Waals surface area contributed by atoms with Gasteiger partial charge in [-0.2, -0.15) is 13.2 Å². The van der Waals surface area contributed by atoms with E-state index in [4.69, 9.17) is 26.8 Å². The molecule has 2 heterocycles. The fourth-order valence-corrected chi connectivity index (χ4v) is 5.52. The second kappa shape index (κ2) is 13.4. The maximum absolute atomic E-state index is 14.0. The number of nitrogens with one attached hydrogen (secondary N) is 1. The van der Waals surface area contributed by atoms with Gasteiger partial charge in [0.25, 0.3) is 0 Å². The summed E-state index contributed by atoms with van der Waals surface area (Å²) >= 11 is 5.97. The van der Waals surface area contributed by atoms with Gasteiger partial charge in [-0.1, -0.05) is 48.0 Å². The van der Waals surface area contributed by atoms with Crippen molar-refractivity contribution in [3.05, 3.63) is 153 Å². The van der Waals surface area contributed by atoms with E-state index in [1.54, 1.807) is 37.3 Å². The van der Waals surface area contributed by atoms with Crippen molar-refractivity contribution in [2.75, 3.05) is 7.05 Å². The van der Waals surface area contributed by atoms with Crippen LogP contribution in [-0.4, -0.2) is 18.6 Å². The van der Waals surface area contributed by atoms with E-state index in [1.807, 2.05) is 0 Å². The molecule has 4 aromatic carbocycles. The van der Waals surface area contributed by atoms with Crippen molar-refractivity contribution in [3.63, 3.8) is 0 Å². The van der Waals surface area contributed by atoms with E-state index < -0.39 is 64.0 Å². The number of ether oxygens (including phenoxy) is 2. The lowest BCUT2D eigenvalue weighted by Gasteiger charge is -2.23. The van der Waals surface area contributed by atoms with Gasteiger partial charge < -0.3 is 14.8 Å². The molecule has 0 saturated carbocycles. The normalized spacial score (nSPS) is 19.0. The molecule has 2 atom stereocenters. The molecule has 2 aliphatic heterocycles. The molecule has 2 unspecified atom stereocenters. The minimum absolute atomic E-state index is 0.126. The highest BCUT2D eigenvalue weighted by atomic mass is 35.5. The van der Waals surface area contributed by atoms with Gasteiger partial charge in [-0.05, 0) is 60.5 Å². The summed E-state index contributed by atoms with van der Waals surface area (Å²) in [5, 5.41) is 3.00. The molecule has 0 fully saturated rings. The van der Waals surface area contributed by atoms with Crippen molar-refractivity contribution in [1.82, 2.24) is 5.32 Å². The second-order valence-corrected chi connectivity index (χ2v) is 11.2. The Morgan fingerprint density at radius 2 is 1.49 bits per heavy atom. The molecule has 14 heteroatoms. The van der Waals surface area contributed by atoms with Crippen molar-refractivity contribution < 1.29 is 49.8 Å². The molecule has 0 aliphatic carbocycles. The zero-order chi connectivity index (χ0) is 35.8. The van der Waals surface area contributed by atoms with Crippen LogP contribution in [0.5, 0.6) is 0 Å². The van der Waals surface area contributed by atoms with Gasteiger partial charge in [-0.15, -0.1) is 0 Å². The number of halogens is 8. The van der Waals surface area contributed by atoms with Crippen LogP contribution in [0.3, 0.4) is 0 Å². The monoisotopic (exact) mass is 704 g/mol. The highest BCUT2D eigenvalue weighted by molar-refractivity contribution is 6.32. The standard InChI is InChI=1S/C18H11F6NO2.C17H13ClFNO2/c1-25-17-13(8-3-2-4-9(5-8)18(22,23)24)15(26)16(27-17)11-6-10(19)7-12(20)14(11)21;1-10-15(11-4-2-6-13(18)8-11)16(21)17(20,22-10)12-5-3-7-14(19)9-12/h2-7,16,25H,1H3;2-9H,20H2,1H3. The van der Waals surface area contributed by atoms with Crippen molar-refractivity contribution in [1.29, 1.82) is 0 Å². The Morgan fingerprint density at radius 3 is 2.12 bits per heavy atom. The van der Waals surface area contributed by atoms with Gasteiger partial charge in [0.1, 0.15) is 17.4 Å². The minimum Gasteiger partial charge on any atom is -0.465 e. The first-order chi connectivity index (χ1) is 23.0. The summed E-state index contributed by atoms with van der Waals surface area (Å²) in [6.45, 7) is 1.65. The summed E-state index contributed by atoms with van der Waals surface area (Å²) in [4.78, 5) is 25.5. The molecule has 0 saturated heterocycles. The molecule has 0 spiro atoms. The van der Waals surface area contributed by atoms with E-state index in [2.05, 4.69) is 5.32 Å². The molecule has 3 N–H and O–H groups in total. The lowest BCUT2D eigenvalue weighted by molar-refractivity contribution is -0.137. The number of ketones is 2. The predicted octanol–water partition coefficient (Wildman–Crippen LogP) is 7.97. The molecular formula is C35H24ClF7N2O4. The van der Waals surface area contributed by atoms with Crippen LogP contribution in [-0.2, 0) is 31.0 Å². The Balaban J connectivity index is 0.000000195. The molecule has 0 bridgehead atoms. The molecule has 0 amide bonds. The van der Waals surface area contributed by atoms with Crippen LogP contribution in [0.2, 0.25) is 5.02 Å². The number of rotatable bonds is 5. The molecule has 2 aliphatic rings. The van der Waals surface area contributed by atoms with Crippen LogP contribution in [0, 0.1) is 23.3 Å². The number of hydrogen-bond acceptors (Lipinski definition) is 6. The van der Waals surface area contributed by atoms with Crippen molar-refractivity contribution >= 4 is 34.3 Å². The third kappa shape index (κ3) is 6.90. The molecule has 6 nitrogen and oxygen atoms in total. The van der Waals surface area contributed by atoms with Gasteiger partial charge in [0.2, 0.25) is 17.3 Å². The number of Topliss-reactive ketones (excluding diaryl/α,β-unsaturated/α-hetero) is 2. The Bertz CT molecular complexity index is 2050. The van der Waals surface area contributed by atoms with Crippen LogP contribution in [0.15, 0.2) is 96.6 Å². The van der Waals surface area contributed by atoms with Crippen LogP contribution in [0.25, 0.3) is 11.1 Å². The predicted molar refractivity (Wildman–Crippen MR) is 165 cm³/mol. The number of allylic oxidation sites excluding steroid dienone is 1. The maximum Gasteiger partial charge on any atom is 0.416 e. The maximum atomic E-state index is 14.0. The summed E-state index contributed by atoms with van der Waals surface area (Å²) in [6, 6.07) is 17.2. The van der Waals surface area contributed by atoms with Crippen LogP contribution >= 0.6 is 11.6 Å². The highest BCUT2D eigenvalue weighted by Gasteiger charge is 2.47. The third-order valence-electron chi connectivity index (χ3n) is 7.55. The number of carbonyl (C=O) groups is 2. The van der Waals surface area contributed by atoms with Crippen LogP contribution < -0.4 is 11.1 Å². The second-order valence-electron chi connectivity index (χ2n) is 10.8. The number of benzene rings is 4. The first-order valence-electron chi connectivity index (χ1n) is 14.3. The van der Waals surface area contributed by atoms with E-state index in [-0.39, 0.29) is 22.6 Å². The first kappa shape index (κ1) is 35.2. The number of carbonyl (C=O) groups excluding carboxylic acids is 2. The quantitative estimate of drug-likeness (QED) is 0.162. The molecule has 4 aromatic rings. The summed E-state index contributed by atoms with van der Waals surface area (Å²) in [5.41, 5.74) is 3.58. The molecular weight excluding hydrogens is 681 g/mol. The summed E-state index contributed by atoms with van der Waals surface area (Å²) < 4.78 is 104. The van der Waals surface area contributed by atoms with Crippen molar-refractivity contribution in [2.45, 2.75) is 24.9 Å². The lowest BCUT2D eigenvalue weighted by Crippen LogP contribution is -2.43. The first-order valence-corrected chi connectivity index (χ1v) is 14.6. The SMILES string of the molecule is CC1=C(c2cccc(Cl)c2)C(=O)C(N)(c2cccc(F)c2)O1.CNC1=C(c2cccc(C(F)(F)F)c2)C(=O)C(c2cc(F)cc(F)c2F)O1. The summed E-state index contributed by atoms with van der Waals surface area (Å²) in [5.74, 6) is -5.78. The Labute approximate surface area is 279 Å². The van der Waals surface area contributed by atoms with E-state index in [0.717, 1.165) is 18.2 Å². The van der Waals surface area contributed by atoms with E-state index >= 15 is 0 Å². The summed E-state index contributed by atoms with van der Waals surface area (Å²) in [7, 11) is 1.33. The zero-order valence-electron chi connectivity index (χ0n) is 25.4. The Kier molecular flexibility index (Phi) is 9.62. The largest absolute Gasteiger partial charge is 0.465 e. The topological polar surface area (TPSA) is 90.7 Å². The average molecular weight is 705 g/mol. The minimum atomic E-state index is -4.64. The number of hydrogen-bond donors (Lipinski definition) is 2. The molecule has 0 aromatic heterocycles. The molecule has 49 heavy (non-hydrogen) atoms.